The number of nitrogens with zero attached hydrogens (tertiary/aromatic N) is 4. The highest BCUT2D eigenvalue weighted by molar-refractivity contribution is 7.89. The summed E-state index contributed by atoms with van der Waals surface area (Å²) in [7, 11) is 0.159. The van der Waals surface area contributed by atoms with Crippen LogP contribution in [0.15, 0.2) is 30.3 Å². The minimum absolute atomic E-state index is 0.0905. The fraction of sp³-hybridized carbons (Fsp3) is 0.421. The number of ether oxygens (including phenoxy) is 1. The first-order chi connectivity index (χ1) is 13.2. The first kappa shape index (κ1) is 20.2. The highest BCUT2D eigenvalue weighted by Gasteiger charge is 2.18. The fourth-order valence-electron chi connectivity index (χ4n) is 2.93. The van der Waals surface area contributed by atoms with Crippen molar-refractivity contribution >= 4 is 21.6 Å². The van der Waals surface area contributed by atoms with Gasteiger partial charge in [-0.2, -0.15) is 0 Å². The van der Waals surface area contributed by atoms with Gasteiger partial charge in [-0.25, -0.2) is 18.4 Å². The van der Waals surface area contributed by atoms with Gasteiger partial charge in [-0.3, -0.25) is 4.79 Å². The Labute approximate surface area is 165 Å². The van der Waals surface area contributed by atoms with Gasteiger partial charge in [0.15, 0.2) is 15.7 Å². The summed E-state index contributed by atoms with van der Waals surface area (Å²) in [5.74, 6) is 0.871. The highest BCUT2D eigenvalue weighted by atomic mass is 32.2. The molecule has 1 aliphatic rings. The summed E-state index contributed by atoms with van der Waals surface area (Å²) in [5.41, 5.74) is 1.73. The molecular weight excluding hydrogens is 380 g/mol. The lowest BCUT2D eigenvalue weighted by atomic mass is 10.1. The van der Waals surface area contributed by atoms with Crippen molar-refractivity contribution < 1.29 is 17.9 Å². The van der Waals surface area contributed by atoms with Crippen LogP contribution in [0.4, 0.5) is 5.82 Å². The van der Waals surface area contributed by atoms with Crippen molar-refractivity contribution in [3.05, 3.63) is 41.6 Å². The Kier molecular flexibility index (Phi) is 5.95. The maximum absolute atomic E-state index is 12.1. The van der Waals surface area contributed by atoms with Gasteiger partial charge in [-0.15, -0.1) is 0 Å². The van der Waals surface area contributed by atoms with Crippen LogP contribution in [0.3, 0.4) is 0 Å². The van der Waals surface area contributed by atoms with Crippen molar-refractivity contribution in [1.29, 1.82) is 0 Å². The van der Waals surface area contributed by atoms with E-state index in [2.05, 4.69) is 14.9 Å². The number of amides is 1. The van der Waals surface area contributed by atoms with Crippen LogP contribution in [-0.4, -0.2) is 75.8 Å². The zero-order valence-electron chi connectivity index (χ0n) is 16.3. The molecule has 0 spiro atoms. The Balaban J connectivity index is 1.98. The topological polar surface area (TPSA) is 92.7 Å². The van der Waals surface area contributed by atoms with E-state index in [1.807, 2.05) is 0 Å². The third kappa shape index (κ3) is 5.05. The van der Waals surface area contributed by atoms with E-state index in [-0.39, 0.29) is 11.7 Å². The summed E-state index contributed by atoms with van der Waals surface area (Å²) in [6, 6.07) is 8.72. The number of carbonyl (C=O) groups is 1. The number of sulfone groups is 1. The molecule has 3 rings (SSSR count). The molecular formula is C19H24N4O4S. The molecule has 0 unspecified atom stereocenters. The maximum Gasteiger partial charge on any atom is 0.253 e. The van der Waals surface area contributed by atoms with Crippen molar-refractivity contribution in [3.8, 4) is 11.4 Å². The van der Waals surface area contributed by atoms with Gasteiger partial charge in [-0.1, -0.05) is 12.1 Å². The second kappa shape index (κ2) is 8.24. The molecule has 0 N–H and O–H groups in total. The van der Waals surface area contributed by atoms with Crippen molar-refractivity contribution in [2.45, 2.75) is 5.75 Å². The first-order valence-corrected chi connectivity index (χ1v) is 11.0. The lowest BCUT2D eigenvalue weighted by Gasteiger charge is -2.28. The number of anilines is 1. The van der Waals surface area contributed by atoms with Crippen LogP contribution in [0.1, 0.15) is 16.1 Å². The average molecular weight is 404 g/mol. The second-order valence-electron chi connectivity index (χ2n) is 6.99. The van der Waals surface area contributed by atoms with Crippen LogP contribution in [0.2, 0.25) is 0 Å². The van der Waals surface area contributed by atoms with E-state index >= 15 is 0 Å². The fourth-order valence-corrected chi connectivity index (χ4v) is 3.61. The van der Waals surface area contributed by atoms with Gasteiger partial charge < -0.3 is 14.5 Å². The van der Waals surface area contributed by atoms with E-state index in [9.17, 15) is 13.2 Å². The van der Waals surface area contributed by atoms with E-state index in [1.165, 1.54) is 11.2 Å². The Bertz CT molecular complexity index is 952. The SMILES string of the molecule is CN(C)C(=O)c1ccc(-c2nc(CS(C)(=O)=O)cc(N3CCOCC3)n2)cc1. The standard InChI is InChI=1S/C19H24N4O4S/c1-22(2)19(24)15-6-4-14(5-7-15)18-20-16(13-28(3,25)26)12-17(21-18)23-8-10-27-11-9-23/h4-7,12H,8-11,13H2,1-3H3. The summed E-state index contributed by atoms with van der Waals surface area (Å²) in [6.07, 6.45) is 1.19. The summed E-state index contributed by atoms with van der Waals surface area (Å²) in [6.45, 7) is 2.57. The number of morpholine rings is 1. The van der Waals surface area contributed by atoms with Crippen LogP contribution in [-0.2, 0) is 20.3 Å². The second-order valence-corrected chi connectivity index (χ2v) is 9.13. The third-order valence-corrected chi connectivity index (χ3v) is 5.13. The minimum Gasteiger partial charge on any atom is -0.378 e. The Morgan fingerprint density at radius 2 is 1.79 bits per heavy atom. The molecule has 1 aliphatic heterocycles. The van der Waals surface area contributed by atoms with Crippen LogP contribution in [0.5, 0.6) is 0 Å². The van der Waals surface area contributed by atoms with Gasteiger partial charge >= 0.3 is 0 Å². The lowest BCUT2D eigenvalue weighted by molar-refractivity contribution is 0.0827. The number of hydrogen-bond donors (Lipinski definition) is 0. The van der Waals surface area contributed by atoms with Gasteiger partial charge in [-0.05, 0) is 12.1 Å². The predicted molar refractivity (Wildman–Crippen MR) is 107 cm³/mol. The van der Waals surface area contributed by atoms with E-state index < -0.39 is 9.84 Å². The van der Waals surface area contributed by atoms with E-state index in [0.29, 0.717) is 49.2 Å². The molecule has 1 aromatic heterocycles. The van der Waals surface area contributed by atoms with Gasteiger partial charge in [0.2, 0.25) is 0 Å². The lowest BCUT2D eigenvalue weighted by Crippen LogP contribution is -2.37. The normalized spacial score (nSPS) is 14.8. The quantitative estimate of drug-likeness (QED) is 0.740. The van der Waals surface area contributed by atoms with Crippen molar-refractivity contribution in [1.82, 2.24) is 14.9 Å². The molecule has 0 bridgehead atoms. The van der Waals surface area contributed by atoms with E-state index in [4.69, 9.17) is 4.74 Å². The first-order valence-electron chi connectivity index (χ1n) is 8.93. The van der Waals surface area contributed by atoms with Crippen molar-refractivity contribution in [2.75, 3.05) is 51.6 Å². The molecule has 0 radical (unpaired) electrons. The Morgan fingerprint density at radius 3 is 2.36 bits per heavy atom. The smallest absolute Gasteiger partial charge is 0.253 e. The molecule has 0 aliphatic carbocycles. The van der Waals surface area contributed by atoms with E-state index in [1.54, 1.807) is 44.4 Å². The monoisotopic (exact) mass is 404 g/mol. The largest absolute Gasteiger partial charge is 0.378 e. The third-order valence-electron chi connectivity index (χ3n) is 4.31. The van der Waals surface area contributed by atoms with Crippen LogP contribution in [0.25, 0.3) is 11.4 Å². The van der Waals surface area contributed by atoms with E-state index in [0.717, 1.165) is 5.56 Å². The molecule has 0 atom stereocenters. The summed E-state index contributed by atoms with van der Waals surface area (Å²) < 4.78 is 29.0. The maximum atomic E-state index is 12.1. The Morgan fingerprint density at radius 1 is 1.14 bits per heavy atom. The molecule has 2 aromatic rings. The Hall–Kier alpha value is -2.52. The zero-order valence-corrected chi connectivity index (χ0v) is 17.1. The van der Waals surface area contributed by atoms with Crippen molar-refractivity contribution in [3.63, 3.8) is 0 Å². The molecule has 1 fully saturated rings. The van der Waals surface area contributed by atoms with Crippen LogP contribution >= 0.6 is 0 Å². The van der Waals surface area contributed by atoms with Crippen LogP contribution in [0, 0.1) is 0 Å². The summed E-state index contributed by atoms with van der Waals surface area (Å²) >= 11 is 0. The number of carbonyl (C=O) groups excluding carboxylic acids is 1. The molecule has 1 amide bonds. The minimum atomic E-state index is -3.23. The van der Waals surface area contributed by atoms with Crippen molar-refractivity contribution in [2.24, 2.45) is 0 Å². The highest BCUT2D eigenvalue weighted by Crippen LogP contribution is 2.23. The molecule has 8 nitrogen and oxygen atoms in total. The molecule has 28 heavy (non-hydrogen) atoms. The number of benzene rings is 1. The number of aromatic nitrogens is 2. The van der Waals surface area contributed by atoms with Gasteiger partial charge in [0, 0.05) is 50.6 Å². The summed E-state index contributed by atoms with van der Waals surface area (Å²) in [5, 5.41) is 0. The molecule has 0 saturated carbocycles. The van der Waals surface area contributed by atoms with Crippen LogP contribution < -0.4 is 4.90 Å². The number of rotatable bonds is 5. The molecule has 150 valence electrons. The molecule has 1 saturated heterocycles. The van der Waals surface area contributed by atoms with Gasteiger partial charge in [0.25, 0.3) is 5.91 Å². The molecule has 2 heterocycles. The zero-order chi connectivity index (χ0) is 20.3. The van der Waals surface area contributed by atoms with Gasteiger partial charge in [0.05, 0.1) is 24.7 Å². The summed E-state index contributed by atoms with van der Waals surface area (Å²) in [4.78, 5) is 24.7. The predicted octanol–water partition coefficient (Wildman–Crippen LogP) is 1.23. The molecule has 9 heteroatoms. The molecule has 1 aromatic carbocycles. The van der Waals surface area contributed by atoms with Gasteiger partial charge in [0.1, 0.15) is 5.82 Å². The average Bonchev–Trinajstić information content (AvgIpc) is 2.66. The number of hydrogen-bond acceptors (Lipinski definition) is 7.